The molecular formula is C16H24N2O3. The van der Waals surface area contributed by atoms with Crippen LogP contribution >= 0.6 is 0 Å². The molecule has 0 fully saturated rings. The van der Waals surface area contributed by atoms with Crippen LogP contribution in [0.2, 0.25) is 0 Å². The van der Waals surface area contributed by atoms with Gasteiger partial charge in [0.25, 0.3) is 0 Å². The van der Waals surface area contributed by atoms with Gasteiger partial charge in [-0.3, -0.25) is 10.1 Å². The molecule has 5 heteroatoms. The summed E-state index contributed by atoms with van der Waals surface area (Å²) in [5, 5.41) is 3.19. The zero-order valence-corrected chi connectivity index (χ0v) is 13.1. The average Bonchev–Trinajstić information content (AvgIpc) is 2.74. The summed E-state index contributed by atoms with van der Waals surface area (Å²) >= 11 is 0. The van der Waals surface area contributed by atoms with Crippen molar-refractivity contribution in [1.82, 2.24) is 5.32 Å². The van der Waals surface area contributed by atoms with Crippen LogP contribution < -0.4 is 20.5 Å². The highest BCUT2D eigenvalue weighted by atomic mass is 16.5. The van der Waals surface area contributed by atoms with Crippen molar-refractivity contribution in [3.8, 4) is 11.5 Å². The minimum atomic E-state index is -0.587. The standard InChI is InChI=1S/C16H24N2O3/c1-5-20-14-7-11-6-10(4)21-13(11)8-12(14)15(16(17)19)18-9(2)3/h7-10,15,18H,5-6H2,1-4H3,(H2,17,19). The Hall–Kier alpha value is -1.75. The molecule has 2 unspecified atom stereocenters. The van der Waals surface area contributed by atoms with Gasteiger partial charge in [0, 0.05) is 23.6 Å². The Kier molecular flexibility index (Phi) is 4.73. The van der Waals surface area contributed by atoms with E-state index < -0.39 is 11.9 Å². The summed E-state index contributed by atoms with van der Waals surface area (Å²) in [7, 11) is 0. The number of hydrogen-bond donors (Lipinski definition) is 2. The molecule has 1 aliphatic rings. The quantitative estimate of drug-likeness (QED) is 0.840. The number of carbonyl (C=O) groups is 1. The summed E-state index contributed by atoms with van der Waals surface area (Å²) in [5.74, 6) is 1.10. The monoisotopic (exact) mass is 292 g/mol. The first-order valence-electron chi connectivity index (χ1n) is 7.44. The van der Waals surface area contributed by atoms with Crippen LogP contribution in [-0.2, 0) is 11.2 Å². The molecule has 3 N–H and O–H groups in total. The van der Waals surface area contributed by atoms with Crippen molar-refractivity contribution in [2.45, 2.75) is 52.3 Å². The van der Waals surface area contributed by atoms with Crippen LogP contribution in [0.25, 0.3) is 0 Å². The fraction of sp³-hybridized carbons (Fsp3) is 0.562. The number of rotatable bonds is 6. The fourth-order valence-corrected chi connectivity index (χ4v) is 2.62. The largest absolute Gasteiger partial charge is 0.494 e. The minimum Gasteiger partial charge on any atom is -0.494 e. The first-order valence-corrected chi connectivity index (χ1v) is 7.44. The third kappa shape index (κ3) is 3.47. The van der Waals surface area contributed by atoms with E-state index in [1.54, 1.807) is 0 Å². The van der Waals surface area contributed by atoms with Gasteiger partial charge in [-0.15, -0.1) is 0 Å². The topological polar surface area (TPSA) is 73.6 Å². The summed E-state index contributed by atoms with van der Waals surface area (Å²) in [6.45, 7) is 8.43. The molecule has 0 saturated carbocycles. The molecule has 0 aromatic heterocycles. The lowest BCUT2D eigenvalue weighted by Gasteiger charge is -2.22. The maximum absolute atomic E-state index is 11.8. The van der Waals surface area contributed by atoms with Gasteiger partial charge < -0.3 is 15.2 Å². The van der Waals surface area contributed by atoms with Crippen molar-refractivity contribution in [3.63, 3.8) is 0 Å². The van der Waals surface area contributed by atoms with Crippen molar-refractivity contribution in [2.75, 3.05) is 6.61 Å². The first-order chi connectivity index (χ1) is 9.92. The molecule has 5 nitrogen and oxygen atoms in total. The SMILES string of the molecule is CCOc1cc2c(cc1C(NC(C)C)C(N)=O)OC(C)C2. The van der Waals surface area contributed by atoms with Crippen LogP contribution in [0.3, 0.4) is 0 Å². The molecule has 2 rings (SSSR count). The predicted octanol–water partition coefficient (Wildman–Crippen LogP) is 1.93. The van der Waals surface area contributed by atoms with Gasteiger partial charge in [-0.05, 0) is 39.8 Å². The van der Waals surface area contributed by atoms with Gasteiger partial charge >= 0.3 is 0 Å². The Morgan fingerprint density at radius 1 is 1.52 bits per heavy atom. The van der Waals surface area contributed by atoms with Gasteiger partial charge in [-0.1, -0.05) is 0 Å². The highest BCUT2D eigenvalue weighted by Gasteiger charge is 2.27. The molecule has 1 heterocycles. The van der Waals surface area contributed by atoms with E-state index in [1.807, 2.05) is 39.8 Å². The molecule has 0 aliphatic carbocycles. The van der Waals surface area contributed by atoms with E-state index >= 15 is 0 Å². The Labute approximate surface area is 125 Å². The maximum Gasteiger partial charge on any atom is 0.239 e. The molecule has 0 radical (unpaired) electrons. The second-order valence-corrected chi connectivity index (χ2v) is 5.72. The molecule has 2 atom stereocenters. The van der Waals surface area contributed by atoms with Crippen LogP contribution in [0.15, 0.2) is 12.1 Å². The smallest absolute Gasteiger partial charge is 0.239 e. The van der Waals surface area contributed by atoms with Crippen molar-refractivity contribution in [2.24, 2.45) is 5.73 Å². The Morgan fingerprint density at radius 2 is 2.24 bits per heavy atom. The molecule has 1 amide bonds. The number of ether oxygens (including phenoxy) is 2. The van der Waals surface area contributed by atoms with Crippen molar-refractivity contribution >= 4 is 5.91 Å². The number of nitrogens with two attached hydrogens (primary N) is 1. The molecular weight excluding hydrogens is 268 g/mol. The van der Waals surface area contributed by atoms with E-state index in [4.69, 9.17) is 15.2 Å². The van der Waals surface area contributed by atoms with Crippen LogP contribution in [0.1, 0.15) is 44.9 Å². The zero-order chi connectivity index (χ0) is 15.6. The van der Waals surface area contributed by atoms with E-state index in [9.17, 15) is 4.79 Å². The second kappa shape index (κ2) is 6.35. The molecule has 116 valence electrons. The summed E-state index contributed by atoms with van der Waals surface area (Å²) in [4.78, 5) is 11.8. The van der Waals surface area contributed by atoms with Crippen LogP contribution in [0, 0.1) is 0 Å². The van der Waals surface area contributed by atoms with E-state index in [-0.39, 0.29) is 12.1 Å². The molecule has 1 aromatic rings. The van der Waals surface area contributed by atoms with Crippen LogP contribution in [-0.4, -0.2) is 24.7 Å². The first kappa shape index (κ1) is 15.6. The lowest BCUT2D eigenvalue weighted by atomic mass is 10.00. The van der Waals surface area contributed by atoms with Crippen molar-refractivity contribution in [1.29, 1.82) is 0 Å². The lowest BCUT2D eigenvalue weighted by Crippen LogP contribution is -2.37. The molecule has 1 aromatic carbocycles. The molecule has 21 heavy (non-hydrogen) atoms. The Bertz CT molecular complexity index is 528. The number of amides is 1. The molecule has 0 spiro atoms. The van der Waals surface area contributed by atoms with Gasteiger partial charge in [0.2, 0.25) is 5.91 Å². The summed E-state index contributed by atoms with van der Waals surface area (Å²) in [6, 6.07) is 3.39. The normalized spacial score (nSPS) is 18.2. The average molecular weight is 292 g/mol. The number of primary amides is 1. The Balaban J connectivity index is 2.44. The molecule has 1 aliphatic heterocycles. The molecule has 0 bridgehead atoms. The van der Waals surface area contributed by atoms with E-state index in [1.165, 1.54) is 0 Å². The molecule has 0 saturated heterocycles. The number of nitrogens with one attached hydrogen (secondary N) is 1. The zero-order valence-electron chi connectivity index (χ0n) is 13.1. The van der Waals surface area contributed by atoms with Crippen molar-refractivity contribution < 1.29 is 14.3 Å². The van der Waals surface area contributed by atoms with Crippen LogP contribution in [0.5, 0.6) is 11.5 Å². The van der Waals surface area contributed by atoms with E-state index in [0.717, 1.165) is 23.3 Å². The number of carbonyl (C=O) groups excluding carboxylic acids is 1. The summed E-state index contributed by atoms with van der Waals surface area (Å²) in [6.07, 6.45) is 1.00. The highest BCUT2D eigenvalue weighted by Crippen LogP contribution is 2.37. The Morgan fingerprint density at radius 3 is 2.81 bits per heavy atom. The van der Waals surface area contributed by atoms with Crippen LogP contribution in [0.4, 0.5) is 0 Å². The predicted molar refractivity (Wildman–Crippen MR) is 81.6 cm³/mol. The fourth-order valence-electron chi connectivity index (χ4n) is 2.62. The number of hydrogen-bond acceptors (Lipinski definition) is 4. The third-order valence-electron chi connectivity index (χ3n) is 3.42. The van der Waals surface area contributed by atoms with Gasteiger partial charge in [0.15, 0.2) is 0 Å². The van der Waals surface area contributed by atoms with Gasteiger partial charge in [0.05, 0.1) is 6.61 Å². The van der Waals surface area contributed by atoms with Gasteiger partial charge in [-0.25, -0.2) is 0 Å². The summed E-state index contributed by atoms with van der Waals surface area (Å²) < 4.78 is 11.5. The third-order valence-corrected chi connectivity index (χ3v) is 3.42. The van der Waals surface area contributed by atoms with Crippen molar-refractivity contribution in [3.05, 3.63) is 23.3 Å². The second-order valence-electron chi connectivity index (χ2n) is 5.72. The minimum absolute atomic E-state index is 0.130. The van der Waals surface area contributed by atoms with E-state index in [0.29, 0.717) is 12.4 Å². The van der Waals surface area contributed by atoms with Gasteiger partial charge in [-0.2, -0.15) is 0 Å². The maximum atomic E-state index is 11.8. The highest BCUT2D eigenvalue weighted by molar-refractivity contribution is 5.82. The lowest BCUT2D eigenvalue weighted by molar-refractivity contribution is -0.120. The number of fused-ring (bicyclic) bond motifs is 1. The number of benzene rings is 1. The van der Waals surface area contributed by atoms with Gasteiger partial charge in [0.1, 0.15) is 23.6 Å². The summed E-state index contributed by atoms with van der Waals surface area (Å²) in [5.41, 5.74) is 7.41. The van der Waals surface area contributed by atoms with E-state index in [2.05, 4.69) is 5.32 Å².